The molecule has 0 aromatic heterocycles. The summed E-state index contributed by atoms with van der Waals surface area (Å²) in [5, 5.41) is 3.13. The Balaban J connectivity index is 2.33. The lowest BCUT2D eigenvalue weighted by atomic mass is 9.97. The van der Waals surface area contributed by atoms with Crippen LogP contribution in [0.5, 0.6) is 0 Å². The van der Waals surface area contributed by atoms with Crippen LogP contribution < -0.4 is 11.1 Å². The molecule has 0 spiro atoms. The molecule has 1 aliphatic rings. The molecule has 0 heterocycles. The molecule has 1 saturated carbocycles. The molecule has 3 unspecified atom stereocenters. The summed E-state index contributed by atoms with van der Waals surface area (Å²) in [4.78, 5) is 11.8. The molecule has 0 aromatic rings. The first kappa shape index (κ1) is 12.5. The average molecular weight is 212 g/mol. The number of rotatable bonds is 4. The van der Waals surface area contributed by atoms with Gasteiger partial charge in [0.15, 0.2) is 0 Å². The van der Waals surface area contributed by atoms with E-state index in [2.05, 4.69) is 19.2 Å². The van der Waals surface area contributed by atoms with E-state index in [0.717, 1.165) is 25.8 Å². The molecule has 1 fully saturated rings. The van der Waals surface area contributed by atoms with Crippen LogP contribution >= 0.6 is 0 Å². The summed E-state index contributed by atoms with van der Waals surface area (Å²) >= 11 is 0. The Labute approximate surface area is 92.8 Å². The van der Waals surface area contributed by atoms with E-state index in [-0.39, 0.29) is 11.8 Å². The quantitative estimate of drug-likeness (QED) is 0.742. The van der Waals surface area contributed by atoms with Gasteiger partial charge in [-0.15, -0.1) is 0 Å². The third-order valence-electron chi connectivity index (χ3n) is 3.63. The monoisotopic (exact) mass is 212 g/mol. The smallest absolute Gasteiger partial charge is 0.223 e. The molecular weight excluding hydrogens is 188 g/mol. The lowest BCUT2D eigenvalue weighted by Gasteiger charge is -2.19. The van der Waals surface area contributed by atoms with Crippen molar-refractivity contribution in [3.8, 4) is 0 Å². The number of hydrogen-bond donors (Lipinski definition) is 2. The van der Waals surface area contributed by atoms with Gasteiger partial charge in [-0.2, -0.15) is 0 Å². The molecule has 0 bridgehead atoms. The highest BCUT2D eigenvalue weighted by Crippen LogP contribution is 2.25. The van der Waals surface area contributed by atoms with Crippen molar-refractivity contribution in [2.24, 2.45) is 23.5 Å². The molecule has 3 heteroatoms. The normalized spacial score (nSPS) is 28.1. The maximum absolute atomic E-state index is 11.8. The van der Waals surface area contributed by atoms with Gasteiger partial charge in [0, 0.05) is 12.0 Å². The highest BCUT2D eigenvalue weighted by atomic mass is 16.1. The van der Waals surface area contributed by atoms with Gasteiger partial charge in [-0.05, 0) is 37.6 Å². The summed E-state index contributed by atoms with van der Waals surface area (Å²) in [7, 11) is 0. The maximum atomic E-state index is 11.8. The second kappa shape index (κ2) is 5.50. The van der Waals surface area contributed by atoms with Crippen molar-refractivity contribution in [2.45, 2.75) is 46.1 Å². The van der Waals surface area contributed by atoms with Crippen LogP contribution in [-0.4, -0.2) is 18.5 Å². The fourth-order valence-corrected chi connectivity index (χ4v) is 2.06. The summed E-state index contributed by atoms with van der Waals surface area (Å²) in [5.41, 5.74) is 5.62. The zero-order valence-electron chi connectivity index (χ0n) is 10.1. The van der Waals surface area contributed by atoms with Crippen molar-refractivity contribution in [1.82, 2.24) is 5.32 Å². The van der Waals surface area contributed by atoms with Crippen LogP contribution in [0.25, 0.3) is 0 Å². The Morgan fingerprint density at radius 3 is 2.53 bits per heavy atom. The standard InChI is InChI=1S/C12H24N2O/c1-8(2)9(3)12(15)14-11-5-4-10(6-11)7-13/h8-11H,4-7,13H2,1-3H3,(H,14,15). The molecule has 15 heavy (non-hydrogen) atoms. The topological polar surface area (TPSA) is 55.1 Å². The Hall–Kier alpha value is -0.570. The average Bonchev–Trinajstić information content (AvgIpc) is 2.64. The summed E-state index contributed by atoms with van der Waals surface area (Å²) in [5.74, 6) is 1.34. The molecule has 0 saturated heterocycles. The first-order chi connectivity index (χ1) is 7.04. The van der Waals surface area contributed by atoms with Gasteiger partial charge >= 0.3 is 0 Å². The van der Waals surface area contributed by atoms with Gasteiger partial charge < -0.3 is 11.1 Å². The predicted octanol–water partition coefficient (Wildman–Crippen LogP) is 1.52. The van der Waals surface area contributed by atoms with E-state index in [4.69, 9.17) is 5.73 Å². The van der Waals surface area contributed by atoms with Gasteiger partial charge in [0.1, 0.15) is 0 Å². The highest BCUT2D eigenvalue weighted by Gasteiger charge is 2.26. The fourth-order valence-electron chi connectivity index (χ4n) is 2.06. The molecule has 0 aliphatic heterocycles. The van der Waals surface area contributed by atoms with Crippen LogP contribution in [0.3, 0.4) is 0 Å². The molecule has 3 nitrogen and oxygen atoms in total. The van der Waals surface area contributed by atoms with Crippen LogP contribution in [0.1, 0.15) is 40.0 Å². The van der Waals surface area contributed by atoms with Crippen LogP contribution in [0.15, 0.2) is 0 Å². The van der Waals surface area contributed by atoms with Crippen molar-refractivity contribution < 1.29 is 4.79 Å². The third kappa shape index (κ3) is 3.49. The lowest BCUT2D eigenvalue weighted by molar-refractivity contribution is -0.126. The second-order valence-corrected chi connectivity index (χ2v) is 5.15. The molecule has 0 radical (unpaired) electrons. The van der Waals surface area contributed by atoms with Gasteiger partial charge in [0.25, 0.3) is 0 Å². The van der Waals surface area contributed by atoms with E-state index in [1.165, 1.54) is 0 Å². The number of carbonyl (C=O) groups excluding carboxylic acids is 1. The van der Waals surface area contributed by atoms with Crippen molar-refractivity contribution in [1.29, 1.82) is 0 Å². The fraction of sp³-hybridized carbons (Fsp3) is 0.917. The van der Waals surface area contributed by atoms with E-state index >= 15 is 0 Å². The minimum atomic E-state index is 0.113. The molecule has 3 N–H and O–H groups in total. The number of nitrogens with one attached hydrogen (secondary N) is 1. The Morgan fingerprint density at radius 1 is 1.40 bits per heavy atom. The minimum absolute atomic E-state index is 0.113. The van der Waals surface area contributed by atoms with E-state index in [0.29, 0.717) is 17.9 Å². The van der Waals surface area contributed by atoms with Gasteiger partial charge in [0.05, 0.1) is 0 Å². The minimum Gasteiger partial charge on any atom is -0.353 e. The van der Waals surface area contributed by atoms with E-state index < -0.39 is 0 Å². The number of amides is 1. The molecule has 1 amide bonds. The molecule has 3 atom stereocenters. The van der Waals surface area contributed by atoms with Gasteiger partial charge in [0.2, 0.25) is 5.91 Å². The Morgan fingerprint density at radius 2 is 2.07 bits per heavy atom. The van der Waals surface area contributed by atoms with Crippen LogP contribution in [0.4, 0.5) is 0 Å². The van der Waals surface area contributed by atoms with Crippen molar-refractivity contribution in [2.75, 3.05) is 6.54 Å². The first-order valence-electron chi connectivity index (χ1n) is 6.05. The number of nitrogens with two attached hydrogens (primary N) is 1. The Kier molecular flexibility index (Phi) is 4.58. The highest BCUT2D eigenvalue weighted by molar-refractivity contribution is 5.78. The molecule has 0 aromatic carbocycles. The van der Waals surface area contributed by atoms with Gasteiger partial charge in [-0.3, -0.25) is 4.79 Å². The SMILES string of the molecule is CC(C)C(C)C(=O)NC1CCC(CN)C1. The van der Waals surface area contributed by atoms with Gasteiger partial charge in [-0.1, -0.05) is 20.8 Å². The summed E-state index contributed by atoms with van der Waals surface area (Å²) in [6, 6.07) is 0.368. The maximum Gasteiger partial charge on any atom is 0.223 e. The molecule has 88 valence electrons. The first-order valence-corrected chi connectivity index (χ1v) is 6.05. The van der Waals surface area contributed by atoms with E-state index in [9.17, 15) is 4.79 Å². The molecular formula is C12H24N2O. The Bertz CT molecular complexity index is 216. The van der Waals surface area contributed by atoms with Crippen molar-refractivity contribution in [3.63, 3.8) is 0 Å². The van der Waals surface area contributed by atoms with Crippen LogP contribution in [-0.2, 0) is 4.79 Å². The van der Waals surface area contributed by atoms with Crippen molar-refractivity contribution in [3.05, 3.63) is 0 Å². The second-order valence-electron chi connectivity index (χ2n) is 5.15. The summed E-state index contributed by atoms with van der Waals surface area (Å²) < 4.78 is 0. The predicted molar refractivity (Wildman–Crippen MR) is 62.3 cm³/mol. The molecule has 1 rings (SSSR count). The zero-order chi connectivity index (χ0) is 11.4. The van der Waals surface area contributed by atoms with Crippen LogP contribution in [0.2, 0.25) is 0 Å². The van der Waals surface area contributed by atoms with E-state index in [1.54, 1.807) is 0 Å². The largest absolute Gasteiger partial charge is 0.353 e. The van der Waals surface area contributed by atoms with Crippen LogP contribution in [0, 0.1) is 17.8 Å². The summed E-state index contributed by atoms with van der Waals surface area (Å²) in [6.45, 7) is 6.92. The van der Waals surface area contributed by atoms with E-state index in [1.807, 2.05) is 6.92 Å². The summed E-state index contributed by atoms with van der Waals surface area (Å²) in [6.07, 6.45) is 3.32. The zero-order valence-corrected chi connectivity index (χ0v) is 10.1. The molecule has 1 aliphatic carbocycles. The van der Waals surface area contributed by atoms with Crippen molar-refractivity contribution >= 4 is 5.91 Å². The number of carbonyl (C=O) groups is 1. The number of hydrogen-bond acceptors (Lipinski definition) is 2. The van der Waals surface area contributed by atoms with Gasteiger partial charge in [-0.25, -0.2) is 0 Å². The third-order valence-corrected chi connectivity index (χ3v) is 3.63. The lowest BCUT2D eigenvalue weighted by Crippen LogP contribution is -2.38.